The van der Waals surface area contributed by atoms with Crippen LogP contribution in [0.4, 0.5) is 0 Å². The first-order chi connectivity index (χ1) is 5.05. The largest absolute Gasteiger partial charge is 0.0845 e. The molecule has 1 unspecified atom stereocenters. The first kappa shape index (κ1) is 8.83. The lowest BCUT2D eigenvalue weighted by Gasteiger charge is -2.26. The van der Waals surface area contributed by atoms with E-state index in [0.717, 1.165) is 5.92 Å². The number of hydrogen-bond acceptors (Lipinski definition) is 0. The molecular formula is C11H20. The lowest BCUT2D eigenvalue weighted by atomic mass is 9.79. The van der Waals surface area contributed by atoms with Crippen LogP contribution in [-0.4, -0.2) is 0 Å². The molecule has 0 N–H and O–H groups in total. The van der Waals surface area contributed by atoms with E-state index >= 15 is 0 Å². The Morgan fingerprint density at radius 2 is 2.09 bits per heavy atom. The van der Waals surface area contributed by atoms with Crippen molar-refractivity contribution in [1.29, 1.82) is 0 Å². The predicted octanol–water partition coefficient (Wildman–Crippen LogP) is 3.78. The van der Waals surface area contributed by atoms with Crippen LogP contribution in [0.3, 0.4) is 0 Å². The zero-order valence-corrected chi connectivity index (χ0v) is 8.28. The minimum Gasteiger partial charge on any atom is -0.0845 e. The van der Waals surface area contributed by atoms with Crippen molar-refractivity contribution in [2.24, 2.45) is 11.3 Å². The van der Waals surface area contributed by atoms with Crippen LogP contribution in [0.2, 0.25) is 0 Å². The lowest BCUT2D eigenvalue weighted by Crippen LogP contribution is -2.14. The maximum atomic E-state index is 2.45. The molecule has 1 rings (SSSR count). The zero-order valence-electron chi connectivity index (χ0n) is 8.28. The monoisotopic (exact) mass is 152 g/mol. The molecular weight excluding hydrogens is 132 g/mol. The Hall–Kier alpha value is -0.260. The average molecular weight is 152 g/mol. The molecule has 0 aliphatic heterocycles. The first-order valence-corrected chi connectivity index (χ1v) is 4.76. The molecule has 1 atom stereocenters. The van der Waals surface area contributed by atoms with Gasteiger partial charge in [0.05, 0.1) is 0 Å². The highest BCUT2D eigenvalue weighted by molar-refractivity contribution is 5.18. The fourth-order valence-electron chi connectivity index (χ4n) is 2.10. The smallest absolute Gasteiger partial charge is 0.0170 e. The predicted molar refractivity (Wildman–Crippen MR) is 50.6 cm³/mol. The molecule has 0 saturated heterocycles. The summed E-state index contributed by atoms with van der Waals surface area (Å²) < 4.78 is 0. The summed E-state index contributed by atoms with van der Waals surface area (Å²) in [6.45, 7) is 9.28. The minimum atomic E-state index is 0.414. The van der Waals surface area contributed by atoms with Crippen LogP contribution >= 0.6 is 0 Å². The lowest BCUT2D eigenvalue weighted by molar-refractivity contribution is 0.421. The summed E-state index contributed by atoms with van der Waals surface area (Å²) in [5, 5.41) is 0. The Bertz CT molecular complexity index is 157. The van der Waals surface area contributed by atoms with Gasteiger partial charge >= 0.3 is 0 Å². The number of allylic oxidation sites excluding steroid dienone is 2. The third kappa shape index (κ3) is 1.85. The Kier molecular flexibility index (Phi) is 2.41. The molecule has 0 heterocycles. The van der Waals surface area contributed by atoms with E-state index in [2.05, 4.69) is 33.8 Å². The van der Waals surface area contributed by atoms with Gasteiger partial charge in [0.2, 0.25) is 0 Å². The van der Waals surface area contributed by atoms with Gasteiger partial charge < -0.3 is 0 Å². The quantitative estimate of drug-likeness (QED) is 0.502. The highest BCUT2D eigenvalue weighted by atomic mass is 14.3. The van der Waals surface area contributed by atoms with E-state index in [4.69, 9.17) is 0 Å². The molecule has 0 nitrogen and oxygen atoms in total. The second-order valence-electron chi connectivity index (χ2n) is 4.59. The van der Waals surface area contributed by atoms with E-state index in [1.807, 2.05) is 0 Å². The highest BCUT2D eigenvalue weighted by Gasteiger charge is 2.26. The fraction of sp³-hybridized carbons (Fsp3) is 0.818. The zero-order chi connectivity index (χ0) is 8.48. The van der Waals surface area contributed by atoms with Gasteiger partial charge in [0.25, 0.3) is 0 Å². The summed E-state index contributed by atoms with van der Waals surface area (Å²) in [6, 6.07) is 0. The second kappa shape index (κ2) is 3.00. The third-order valence-corrected chi connectivity index (χ3v) is 2.68. The van der Waals surface area contributed by atoms with Gasteiger partial charge in [-0.25, -0.2) is 0 Å². The molecule has 0 fully saturated rings. The summed E-state index contributed by atoms with van der Waals surface area (Å²) in [7, 11) is 0. The summed E-state index contributed by atoms with van der Waals surface area (Å²) in [5.74, 6) is 0.884. The van der Waals surface area contributed by atoms with Crippen LogP contribution in [0, 0.1) is 11.3 Å². The summed E-state index contributed by atoms with van der Waals surface area (Å²) in [5.41, 5.74) is 2.11. The standard InChI is InChI=1S/C11H20/c1-5-9-7-6-8-10(9)11(2,3)4/h8-9H,5-7H2,1-4H3. The molecule has 0 amide bonds. The van der Waals surface area contributed by atoms with Gasteiger partial charge in [-0.1, -0.05) is 39.3 Å². The molecule has 11 heavy (non-hydrogen) atoms. The van der Waals surface area contributed by atoms with Gasteiger partial charge in [0.15, 0.2) is 0 Å². The van der Waals surface area contributed by atoms with E-state index in [9.17, 15) is 0 Å². The van der Waals surface area contributed by atoms with Crippen molar-refractivity contribution >= 4 is 0 Å². The van der Waals surface area contributed by atoms with Crippen LogP contribution in [0.15, 0.2) is 11.6 Å². The van der Waals surface area contributed by atoms with Crippen molar-refractivity contribution in [1.82, 2.24) is 0 Å². The molecule has 0 saturated carbocycles. The molecule has 0 aromatic rings. The SMILES string of the molecule is CCC1CCC=C1C(C)(C)C. The topological polar surface area (TPSA) is 0 Å². The molecule has 0 heteroatoms. The van der Waals surface area contributed by atoms with Crippen LogP contribution in [0.1, 0.15) is 47.0 Å². The molecule has 1 aliphatic rings. The van der Waals surface area contributed by atoms with Gasteiger partial charge in [0.1, 0.15) is 0 Å². The molecule has 64 valence electrons. The summed E-state index contributed by atoms with van der Waals surface area (Å²) in [6.07, 6.45) is 6.48. The Morgan fingerprint density at radius 1 is 1.45 bits per heavy atom. The van der Waals surface area contributed by atoms with E-state index in [0.29, 0.717) is 5.41 Å². The van der Waals surface area contributed by atoms with Gasteiger partial charge in [0, 0.05) is 0 Å². The van der Waals surface area contributed by atoms with E-state index < -0.39 is 0 Å². The summed E-state index contributed by atoms with van der Waals surface area (Å²) >= 11 is 0. The number of hydrogen-bond donors (Lipinski definition) is 0. The van der Waals surface area contributed by atoms with E-state index in [1.165, 1.54) is 19.3 Å². The molecule has 0 spiro atoms. The van der Waals surface area contributed by atoms with Crippen molar-refractivity contribution in [2.45, 2.75) is 47.0 Å². The van der Waals surface area contributed by atoms with Gasteiger partial charge in [-0.3, -0.25) is 0 Å². The number of rotatable bonds is 1. The first-order valence-electron chi connectivity index (χ1n) is 4.76. The Balaban J connectivity index is 2.71. The average Bonchev–Trinajstić information content (AvgIpc) is 2.31. The second-order valence-corrected chi connectivity index (χ2v) is 4.59. The van der Waals surface area contributed by atoms with E-state index in [-0.39, 0.29) is 0 Å². The van der Waals surface area contributed by atoms with Crippen molar-refractivity contribution in [2.75, 3.05) is 0 Å². The van der Waals surface area contributed by atoms with Crippen LogP contribution in [0.5, 0.6) is 0 Å². The van der Waals surface area contributed by atoms with Crippen molar-refractivity contribution < 1.29 is 0 Å². The van der Waals surface area contributed by atoms with Crippen molar-refractivity contribution in [3.63, 3.8) is 0 Å². The normalized spacial score (nSPS) is 25.5. The van der Waals surface area contributed by atoms with E-state index in [1.54, 1.807) is 5.57 Å². The Labute approximate surface area is 70.7 Å². The van der Waals surface area contributed by atoms with Gasteiger partial charge in [-0.2, -0.15) is 0 Å². The molecule has 0 bridgehead atoms. The van der Waals surface area contributed by atoms with Crippen LogP contribution in [0.25, 0.3) is 0 Å². The van der Waals surface area contributed by atoms with Crippen LogP contribution in [-0.2, 0) is 0 Å². The van der Waals surface area contributed by atoms with Crippen molar-refractivity contribution in [3.05, 3.63) is 11.6 Å². The fourth-order valence-corrected chi connectivity index (χ4v) is 2.10. The molecule has 0 aromatic heterocycles. The molecule has 0 aromatic carbocycles. The molecule has 1 aliphatic carbocycles. The maximum absolute atomic E-state index is 2.45. The molecule has 0 radical (unpaired) electrons. The maximum Gasteiger partial charge on any atom is -0.0170 e. The minimum absolute atomic E-state index is 0.414. The summed E-state index contributed by atoms with van der Waals surface area (Å²) in [4.78, 5) is 0. The third-order valence-electron chi connectivity index (χ3n) is 2.68. The Morgan fingerprint density at radius 3 is 2.45 bits per heavy atom. The van der Waals surface area contributed by atoms with Crippen LogP contribution < -0.4 is 0 Å². The van der Waals surface area contributed by atoms with Crippen molar-refractivity contribution in [3.8, 4) is 0 Å². The highest BCUT2D eigenvalue weighted by Crippen LogP contribution is 2.39. The van der Waals surface area contributed by atoms with Gasteiger partial charge in [-0.05, 0) is 30.6 Å². The van der Waals surface area contributed by atoms with Gasteiger partial charge in [-0.15, -0.1) is 0 Å².